The number of para-hydroxylation sites is 1. The van der Waals surface area contributed by atoms with Gasteiger partial charge in [-0.15, -0.1) is 0 Å². The van der Waals surface area contributed by atoms with Gasteiger partial charge >= 0.3 is 0 Å². The molecule has 0 bridgehead atoms. The van der Waals surface area contributed by atoms with Crippen molar-refractivity contribution >= 4 is 5.91 Å². The van der Waals surface area contributed by atoms with Crippen LogP contribution in [0.25, 0.3) is 5.69 Å². The number of hydrogen-bond acceptors (Lipinski definition) is 4. The van der Waals surface area contributed by atoms with Gasteiger partial charge in [-0.25, -0.2) is 4.68 Å². The number of benzene rings is 1. The van der Waals surface area contributed by atoms with Gasteiger partial charge in [0.25, 0.3) is 5.91 Å². The molecular formula is C16H21N3O3. The highest BCUT2D eigenvalue weighted by molar-refractivity contribution is 5.95. The van der Waals surface area contributed by atoms with E-state index in [0.29, 0.717) is 18.5 Å². The molecule has 1 unspecified atom stereocenters. The fraction of sp³-hybridized carbons (Fsp3) is 0.375. The van der Waals surface area contributed by atoms with Crippen molar-refractivity contribution in [3.63, 3.8) is 0 Å². The Bertz CT molecular complexity index is 610. The lowest BCUT2D eigenvalue weighted by Crippen LogP contribution is -2.28. The zero-order valence-electron chi connectivity index (χ0n) is 12.8. The van der Waals surface area contributed by atoms with Crippen LogP contribution in [0.4, 0.5) is 0 Å². The number of rotatable bonds is 7. The first kappa shape index (κ1) is 16.2. The highest BCUT2D eigenvalue weighted by Crippen LogP contribution is 2.13. The molecule has 2 aromatic rings. The van der Waals surface area contributed by atoms with Crippen LogP contribution in [-0.2, 0) is 4.74 Å². The Morgan fingerprint density at radius 3 is 2.82 bits per heavy atom. The highest BCUT2D eigenvalue weighted by atomic mass is 16.5. The van der Waals surface area contributed by atoms with Gasteiger partial charge in [0.15, 0.2) is 0 Å². The van der Waals surface area contributed by atoms with E-state index >= 15 is 0 Å². The predicted octanol–water partition coefficient (Wildman–Crippen LogP) is 1.31. The maximum absolute atomic E-state index is 12.2. The van der Waals surface area contributed by atoms with Crippen LogP contribution in [0.3, 0.4) is 0 Å². The molecule has 6 nitrogen and oxygen atoms in total. The summed E-state index contributed by atoms with van der Waals surface area (Å²) in [6.07, 6.45) is 1.44. The zero-order valence-corrected chi connectivity index (χ0v) is 12.8. The molecule has 0 aliphatic heterocycles. The third-order valence-electron chi connectivity index (χ3n) is 3.38. The van der Waals surface area contributed by atoms with Crippen molar-refractivity contribution in [2.45, 2.75) is 19.4 Å². The molecule has 118 valence electrons. The summed E-state index contributed by atoms with van der Waals surface area (Å²) >= 11 is 0. The maximum atomic E-state index is 12.2. The van der Waals surface area contributed by atoms with Crippen molar-refractivity contribution in [1.29, 1.82) is 0 Å². The number of carbonyl (C=O) groups excluding carboxylic acids is 1. The van der Waals surface area contributed by atoms with E-state index in [1.807, 2.05) is 37.3 Å². The summed E-state index contributed by atoms with van der Waals surface area (Å²) in [5.74, 6) is -0.190. The predicted molar refractivity (Wildman–Crippen MR) is 83.1 cm³/mol. The fourth-order valence-electron chi connectivity index (χ4n) is 2.19. The Labute approximate surface area is 129 Å². The molecule has 1 aromatic heterocycles. The molecule has 1 atom stereocenters. The van der Waals surface area contributed by atoms with E-state index in [0.717, 1.165) is 11.4 Å². The van der Waals surface area contributed by atoms with Gasteiger partial charge < -0.3 is 15.2 Å². The molecule has 0 radical (unpaired) electrons. The van der Waals surface area contributed by atoms with Gasteiger partial charge in [0.05, 0.1) is 35.9 Å². The topological polar surface area (TPSA) is 76.4 Å². The van der Waals surface area contributed by atoms with E-state index < -0.39 is 6.10 Å². The van der Waals surface area contributed by atoms with E-state index in [2.05, 4.69) is 10.4 Å². The van der Waals surface area contributed by atoms with Crippen molar-refractivity contribution in [1.82, 2.24) is 15.1 Å². The van der Waals surface area contributed by atoms with Crippen LogP contribution in [0.2, 0.25) is 0 Å². The number of aliphatic hydroxyl groups excluding tert-OH is 1. The number of nitrogens with one attached hydrogen (secondary N) is 1. The molecule has 1 heterocycles. The number of nitrogens with zero attached hydrogens (tertiary/aromatic N) is 2. The molecule has 0 saturated heterocycles. The molecule has 22 heavy (non-hydrogen) atoms. The Kier molecular flexibility index (Phi) is 5.68. The second-order valence-corrected chi connectivity index (χ2v) is 5.04. The number of aliphatic hydroxyl groups is 1. The fourth-order valence-corrected chi connectivity index (χ4v) is 2.19. The van der Waals surface area contributed by atoms with Gasteiger partial charge in [0.1, 0.15) is 0 Å². The quantitative estimate of drug-likeness (QED) is 0.808. The molecule has 0 aliphatic carbocycles. The van der Waals surface area contributed by atoms with E-state index in [9.17, 15) is 9.90 Å². The lowest BCUT2D eigenvalue weighted by Gasteiger charge is -2.10. The van der Waals surface area contributed by atoms with Crippen LogP contribution >= 0.6 is 0 Å². The van der Waals surface area contributed by atoms with Crippen molar-refractivity contribution in [3.05, 3.63) is 47.8 Å². The summed E-state index contributed by atoms with van der Waals surface area (Å²) in [5, 5.41) is 16.6. The van der Waals surface area contributed by atoms with Crippen LogP contribution in [-0.4, -0.2) is 47.2 Å². The Balaban J connectivity index is 1.98. The van der Waals surface area contributed by atoms with E-state index in [-0.39, 0.29) is 12.5 Å². The first-order valence-electron chi connectivity index (χ1n) is 7.18. The molecule has 1 aromatic carbocycles. The number of carbonyl (C=O) groups is 1. The second-order valence-electron chi connectivity index (χ2n) is 5.04. The summed E-state index contributed by atoms with van der Waals surface area (Å²) in [6.45, 7) is 2.51. The first-order chi connectivity index (χ1) is 10.6. The largest absolute Gasteiger partial charge is 0.391 e. The van der Waals surface area contributed by atoms with Crippen LogP contribution < -0.4 is 5.32 Å². The third-order valence-corrected chi connectivity index (χ3v) is 3.38. The molecule has 0 saturated carbocycles. The van der Waals surface area contributed by atoms with Crippen LogP contribution in [0.15, 0.2) is 36.5 Å². The Morgan fingerprint density at radius 2 is 2.14 bits per heavy atom. The number of aromatic nitrogens is 2. The summed E-state index contributed by atoms with van der Waals surface area (Å²) in [7, 11) is 1.53. The summed E-state index contributed by atoms with van der Waals surface area (Å²) < 4.78 is 6.57. The van der Waals surface area contributed by atoms with Gasteiger partial charge in [-0.05, 0) is 25.5 Å². The van der Waals surface area contributed by atoms with Crippen LogP contribution in [0.5, 0.6) is 0 Å². The van der Waals surface area contributed by atoms with Crippen LogP contribution in [0, 0.1) is 6.92 Å². The highest BCUT2D eigenvalue weighted by Gasteiger charge is 2.15. The van der Waals surface area contributed by atoms with E-state index in [4.69, 9.17) is 4.74 Å². The minimum atomic E-state index is -0.571. The average Bonchev–Trinajstić information content (AvgIpc) is 2.90. The molecule has 6 heteroatoms. The third kappa shape index (κ3) is 3.93. The van der Waals surface area contributed by atoms with E-state index in [1.165, 1.54) is 7.11 Å². The Morgan fingerprint density at radius 1 is 1.41 bits per heavy atom. The molecular weight excluding hydrogens is 282 g/mol. The number of ether oxygens (including phenoxy) is 1. The van der Waals surface area contributed by atoms with Gasteiger partial charge in [-0.2, -0.15) is 5.10 Å². The molecule has 0 fully saturated rings. The summed E-state index contributed by atoms with van der Waals surface area (Å²) in [4.78, 5) is 12.2. The van der Waals surface area contributed by atoms with Crippen LogP contribution in [0.1, 0.15) is 22.5 Å². The number of hydrogen-bond donors (Lipinski definition) is 2. The van der Waals surface area contributed by atoms with Crippen molar-refractivity contribution < 1.29 is 14.6 Å². The SMILES string of the molecule is COCC(O)CCNC(=O)c1cnn(-c2ccccc2)c1C. The summed E-state index contributed by atoms with van der Waals surface area (Å²) in [6, 6.07) is 9.65. The first-order valence-corrected chi connectivity index (χ1v) is 7.18. The molecule has 0 aliphatic rings. The van der Waals surface area contributed by atoms with Gasteiger partial charge in [-0.3, -0.25) is 4.79 Å². The van der Waals surface area contributed by atoms with Crippen molar-refractivity contribution in [2.75, 3.05) is 20.3 Å². The molecule has 2 rings (SSSR count). The standard InChI is InChI=1S/C16H21N3O3/c1-12-15(16(21)17-9-8-14(20)11-22-2)10-18-19(12)13-6-4-3-5-7-13/h3-7,10,14,20H,8-9,11H2,1-2H3,(H,17,21). The lowest BCUT2D eigenvalue weighted by molar-refractivity contribution is 0.0587. The van der Waals surface area contributed by atoms with Gasteiger partial charge in [-0.1, -0.05) is 18.2 Å². The molecule has 0 spiro atoms. The van der Waals surface area contributed by atoms with Crippen molar-refractivity contribution in [3.8, 4) is 5.69 Å². The molecule has 2 N–H and O–H groups in total. The van der Waals surface area contributed by atoms with Crippen molar-refractivity contribution in [2.24, 2.45) is 0 Å². The maximum Gasteiger partial charge on any atom is 0.254 e. The average molecular weight is 303 g/mol. The summed E-state index contributed by atoms with van der Waals surface area (Å²) in [5.41, 5.74) is 2.22. The lowest BCUT2D eigenvalue weighted by atomic mass is 10.2. The number of methoxy groups -OCH3 is 1. The second kappa shape index (κ2) is 7.72. The van der Waals surface area contributed by atoms with Gasteiger partial charge in [0.2, 0.25) is 0 Å². The monoisotopic (exact) mass is 303 g/mol. The number of amides is 1. The van der Waals surface area contributed by atoms with Gasteiger partial charge in [0, 0.05) is 13.7 Å². The minimum absolute atomic E-state index is 0.190. The smallest absolute Gasteiger partial charge is 0.254 e. The van der Waals surface area contributed by atoms with E-state index in [1.54, 1.807) is 10.9 Å². The molecule has 1 amide bonds. The zero-order chi connectivity index (χ0) is 15.9. The Hall–Kier alpha value is -2.18. The minimum Gasteiger partial charge on any atom is -0.391 e. The normalized spacial score (nSPS) is 12.1.